The average Bonchev–Trinajstić information content (AvgIpc) is 3.47. The Kier molecular flexibility index (Phi) is 68.1. The van der Waals surface area contributed by atoms with Gasteiger partial charge in [-0.2, -0.15) is 0 Å². The van der Waals surface area contributed by atoms with Gasteiger partial charge < -0.3 is 14.2 Å². The van der Waals surface area contributed by atoms with E-state index in [1.807, 2.05) is 6.08 Å². The zero-order chi connectivity index (χ0) is 59.2. The lowest BCUT2D eigenvalue weighted by atomic mass is 10.0. The summed E-state index contributed by atoms with van der Waals surface area (Å²) < 4.78 is 16.9. The number of unbranched alkanes of at least 4 members (excludes halogenated alkanes) is 46. The lowest BCUT2D eigenvalue weighted by Gasteiger charge is -2.18. The van der Waals surface area contributed by atoms with Crippen LogP contribution in [-0.2, 0) is 28.6 Å². The molecule has 1 unspecified atom stereocenters. The molecule has 0 fully saturated rings. The molecular weight excluding hydrogens is 1010 g/mol. The number of hydrogen-bond acceptors (Lipinski definition) is 6. The van der Waals surface area contributed by atoms with Gasteiger partial charge in [-0.25, -0.2) is 0 Å². The first-order valence-electron chi connectivity index (χ1n) is 36.3. The Labute approximate surface area is 510 Å². The predicted octanol–water partition coefficient (Wildman–Crippen LogP) is 25.1. The quantitative estimate of drug-likeness (QED) is 0.0261. The molecule has 0 bridgehead atoms. The third kappa shape index (κ3) is 67.9. The van der Waals surface area contributed by atoms with E-state index in [0.717, 1.165) is 64.2 Å². The Bertz CT molecular complexity index is 1460. The van der Waals surface area contributed by atoms with Gasteiger partial charge in [0.25, 0.3) is 0 Å². The monoisotopic (exact) mass is 1150 g/mol. The molecule has 0 aliphatic rings. The topological polar surface area (TPSA) is 78.9 Å². The second kappa shape index (κ2) is 70.6. The molecule has 0 saturated heterocycles. The summed E-state index contributed by atoms with van der Waals surface area (Å²) in [6.45, 7) is 6.52. The van der Waals surface area contributed by atoms with Gasteiger partial charge in [0.1, 0.15) is 13.2 Å². The molecule has 1 atom stereocenters. The van der Waals surface area contributed by atoms with Crippen molar-refractivity contribution in [2.45, 2.75) is 393 Å². The van der Waals surface area contributed by atoms with Crippen molar-refractivity contribution in [2.24, 2.45) is 0 Å². The summed E-state index contributed by atoms with van der Waals surface area (Å²) in [5.41, 5.74) is 0. The van der Waals surface area contributed by atoms with Crippen LogP contribution in [0.2, 0.25) is 0 Å². The number of carbonyl (C=O) groups excluding carboxylic acids is 3. The molecule has 6 heteroatoms. The number of rotatable bonds is 67. The number of ether oxygens (including phenoxy) is 3. The van der Waals surface area contributed by atoms with Gasteiger partial charge in [-0.05, 0) is 70.6 Å². The molecule has 6 nitrogen and oxygen atoms in total. The Morgan fingerprint density at radius 3 is 0.817 bits per heavy atom. The average molecular weight is 1150 g/mol. The van der Waals surface area contributed by atoms with E-state index in [1.54, 1.807) is 0 Å². The first-order chi connectivity index (χ1) is 40.5. The largest absolute Gasteiger partial charge is 0.462 e. The number of esters is 3. The summed E-state index contributed by atoms with van der Waals surface area (Å²) in [5, 5.41) is 0. The molecule has 0 aromatic rings. The summed E-state index contributed by atoms with van der Waals surface area (Å²) in [7, 11) is 0. The standard InChI is InChI=1S/C76H138O6/c1-4-7-10-13-16-19-22-25-27-29-30-31-32-33-34-35-36-37-38-39-40-41-42-43-44-45-46-47-49-51-54-57-60-63-66-69-75(78)81-72-73(71-80-74(77)68-65-62-59-56-53-50-24-21-18-15-12-9-6-3)82-76(79)70-67-64-61-58-55-52-48-28-26-23-20-17-14-11-8-5-2/h9,12,18,21,29-30,50,53,59,62,73H,4-8,10-11,13-17,19-20,22-28,31-49,51-52,54-58,60-61,63-72H2,1-3H3/b12-9-,21-18-,30-29-,53-50-,62-59-. The molecule has 0 N–H and O–H groups in total. The fourth-order valence-electron chi connectivity index (χ4n) is 10.9. The Morgan fingerprint density at radius 1 is 0.256 bits per heavy atom. The van der Waals surface area contributed by atoms with E-state index in [9.17, 15) is 14.4 Å². The number of carbonyl (C=O) groups is 3. The van der Waals surface area contributed by atoms with Crippen molar-refractivity contribution < 1.29 is 28.6 Å². The number of hydrogen-bond donors (Lipinski definition) is 0. The Morgan fingerprint density at radius 2 is 0.500 bits per heavy atom. The lowest BCUT2D eigenvalue weighted by molar-refractivity contribution is -0.166. The normalized spacial score (nSPS) is 12.4. The van der Waals surface area contributed by atoms with Crippen LogP contribution >= 0.6 is 0 Å². The van der Waals surface area contributed by atoms with Gasteiger partial charge in [0.2, 0.25) is 0 Å². The van der Waals surface area contributed by atoms with E-state index >= 15 is 0 Å². The van der Waals surface area contributed by atoms with Crippen LogP contribution in [-0.4, -0.2) is 37.2 Å². The molecule has 0 aliphatic heterocycles. The van der Waals surface area contributed by atoms with Crippen LogP contribution in [0.1, 0.15) is 387 Å². The molecule has 478 valence electrons. The summed E-state index contributed by atoms with van der Waals surface area (Å²) in [6, 6.07) is 0. The Hall–Kier alpha value is -2.89. The maximum atomic E-state index is 12.9. The van der Waals surface area contributed by atoms with E-state index in [1.165, 1.54) is 276 Å². The highest BCUT2D eigenvalue weighted by Crippen LogP contribution is 2.19. The lowest BCUT2D eigenvalue weighted by Crippen LogP contribution is -2.30. The Balaban J connectivity index is 4.09. The zero-order valence-electron chi connectivity index (χ0n) is 55.0. The third-order valence-corrected chi connectivity index (χ3v) is 16.3. The fourth-order valence-corrected chi connectivity index (χ4v) is 10.9. The summed E-state index contributed by atoms with van der Waals surface area (Å²) in [6.07, 6.45) is 91.6. The van der Waals surface area contributed by atoms with Crippen LogP contribution in [0.3, 0.4) is 0 Å². The van der Waals surface area contributed by atoms with Crippen LogP contribution < -0.4 is 0 Å². The van der Waals surface area contributed by atoms with E-state index < -0.39 is 6.10 Å². The van der Waals surface area contributed by atoms with E-state index in [0.29, 0.717) is 19.3 Å². The summed E-state index contributed by atoms with van der Waals surface area (Å²) in [4.78, 5) is 38.3. The van der Waals surface area contributed by atoms with Crippen molar-refractivity contribution in [1.29, 1.82) is 0 Å². The van der Waals surface area contributed by atoms with Gasteiger partial charge in [0.15, 0.2) is 6.10 Å². The molecule has 0 saturated carbocycles. The van der Waals surface area contributed by atoms with Crippen LogP contribution in [0, 0.1) is 0 Å². The first-order valence-corrected chi connectivity index (χ1v) is 36.3. The van der Waals surface area contributed by atoms with Gasteiger partial charge in [-0.1, -0.05) is 358 Å². The second-order valence-corrected chi connectivity index (χ2v) is 24.5. The maximum Gasteiger partial charge on any atom is 0.306 e. The third-order valence-electron chi connectivity index (χ3n) is 16.3. The molecule has 82 heavy (non-hydrogen) atoms. The number of allylic oxidation sites excluding steroid dienone is 10. The fraction of sp³-hybridized carbons (Fsp3) is 0.829. The minimum absolute atomic E-state index is 0.0911. The van der Waals surface area contributed by atoms with Crippen molar-refractivity contribution in [2.75, 3.05) is 13.2 Å². The molecule has 0 aromatic carbocycles. The maximum absolute atomic E-state index is 12.9. The highest BCUT2D eigenvalue weighted by Gasteiger charge is 2.19. The van der Waals surface area contributed by atoms with Crippen molar-refractivity contribution in [1.82, 2.24) is 0 Å². The highest BCUT2D eigenvalue weighted by molar-refractivity contribution is 5.71. The zero-order valence-corrected chi connectivity index (χ0v) is 55.0. The van der Waals surface area contributed by atoms with Crippen molar-refractivity contribution >= 4 is 17.9 Å². The smallest absolute Gasteiger partial charge is 0.306 e. The highest BCUT2D eigenvalue weighted by atomic mass is 16.6. The molecule has 0 radical (unpaired) electrons. The molecule has 0 aliphatic carbocycles. The van der Waals surface area contributed by atoms with Crippen molar-refractivity contribution in [3.63, 3.8) is 0 Å². The van der Waals surface area contributed by atoms with Gasteiger partial charge in [-0.3, -0.25) is 14.4 Å². The van der Waals surface area contributed by atoms with Crippen LogP contribution in [0.4, 0.5) is 0 Å². The summed E-state index contributed by atoms with van der Waals surface area (Å²) in [5.74, 6) is -0.953. The molecular formula is C76H138O6. The van der Waals surface area contributed by atoms with Gasteiger partial charge in [0, 0.05) is 19.3 Å². The van der Waals surface area contributed by atoms with E-state index in [-0.39, 0.29) is 37.5 Å². The second-order valence-electron chi connectivity index (χ2n) is 24.5. The van der Waals surface area contributed by atoms with Crippen LogP contribution in [0.15, 0.2) is 60.8 Å². The van der Waals surface area contributed by atoms with E-state index in [4.69, 9.17) is 14.2 Å². The predicted molar refractivity (Wildman–Crippen MR) is 358 cm³/mol. The van der Waals surface area contributed by atoms with Gasteiger partial charge in [-0.15, -0.1) is 0 Å². The van der Waals surface area contributed by atoms with Crippen molar-refractivity contribution in [3.8, 4) is 0 Å². The first kappa shape index (κ1) is 79.1. The molecule has 0 aromatic heterocycles. The molecule has 0 rings (SSSR count). The molecule has 0 amide bonds. The van der Waals surface area contributed by atoms with E-state index in [2.05, 4.69) is 75.5 Å². The van der Waals surface area contributed by atoms with Crippen molar-refractivity contribution in [3.05, 3.63) is 60.8 Å². The molecule has 0 heterocycles. The van der Waals surface area contributed by atoms with Crippen LogP contribution in [0.5, 0.6) is 0 Å². The minimum atomic E-state index is -0.800. The SMILES string of the molecule is CC/C=C\C/C=C\C/C=C\C/C=C\CCC(=O)OCC(COC(=O)CCCCCCCCCCCCCCCCCCCCCCCCC/C=C\CCCCCCCCCC)OC(=O)CCCCCCCCCCCCCCCCCC. The van der Waals surface area contributed by atoms with Gasteiger partial charge in [0.05, 0.1) is 0 Å². The molecule has 0 spiro atoms. The van der Waals surface area contributed by atoms with Gasteiger partial charge >= 0.3 is 17.9 Å². The summed E-state index contributed by atoms with van der Waals surface area (Å²) >= 11 is 0. The minimum Gasteiger partial charge on any atom is -0.462 e. The van der Waals surface area contributed by atoms with Crippen LogP contribution in [0.25, 0.3) is 0 Å².